The summed E-state index contributed by atoms with van der Waals surface area (Å²) < 4.78 is 12.4. The van der Waals surface area contributed by atoms with Crippen LogP contribution in [-0.4, -0.2) is 20.3 Å². The minimum absolute atomic E-state index is 0.297. The van der Waals surface area contributed by atoms with E-state index in [9.17, 15) is 9.59 Å². The molecule has 7 heteroatoms. The van der Waals surface area contributed by atoms with Crippen molar-refractivity contribution in [2.75, 3.05) is 6.61 Å². The zero-order valence-corrected chi connectivity index (χ0v) is 20.0. The van der Waals surface area contributed by atoms with Crippen molar-refractivity contribution in [1.29, 1.82) is 0 Å². The first-order valence-electron chi connectivity index (χ1n) is 10.5. The van der Waals surface area contributed by atoms with E-state index in [4.69, 9.17) is 4.74 Å². The third kappa shape index (κ3) is 2.95. The highest BCUT2D eigenvalue weighted by Gasteiger charge is 2.40. The number of hydrogen-bond acceptors (Lipinski definition) is 3. The number of fused-ring (bicyclic) bond motifs is 3. The molecule has 0 saturated heterocycles. The van der Waals surface area contributed by atoms with Crippen molar-refractivity contribution >= 4 is 26.8 Å². The summed E-state index contributed by atoms with van der Waals surface area (Å²) in [5.41, 5.74) is 3.10. The highest BCUT2D eigenvalue weighted by atomic mass is 79.9. The lowest BCUT2D eigenvalue weighted by Gasteiger charge is -2.39. The van der Waals surface area contributed by atoms with E-state index in [0.717, 1.165) is 27.0 Å². The van der Waals surface area contributed by atoms with Crippen LogP contribution in [0.2, 0.25) is 0 Å². The van der Waals surface area contributed by atoms with Gasteiger partial charge in [-0.05, 0) is 37.1 Å². The summed E-state index contributed by atoms with van der Waals surface area (Å²) in [7, 11) is 3.25. The second kappa shape index (κ2) is 7.32. The molecule has 164 valence electrons. The summed E-state index contributed by atoms with van der Waals surface area (Å²) in [5.74, 6) is 0. The molecule has 2 aromatic carbocycles. The van der Waals surface area contributed by atoms with Crippen molar-refractivity contribution in [3.63, 3.8) is 0 Å². The Kier molecular flexibility index (Phi) is 4.80. The van der Waals surface area contributed by atoms with Crippen molar-refractivity contribution < 1.29 is 4.74 Å². The van der Waals surface area contributed by atoms with Crippen LogP contribution in [0.5, 0.6) is 0 Å². The predicted octanol–water partition coefficient (Wildman–Crippen LogP) is 4.32. The van der Waals surface area contributed by atoms with Crippen molar-refractivity contribution in [2.24, 2.45) is 14.1 Å². The Morgan fingerprint density at radius 1 is 0.969 bits per heavy atom. The van der Waals surface area contributed by atoms with Crippen LogP contribution in [0.25, 0.3) is 22.2 Å². The van der Waals surface area contributed by atoms with Crippen LogP contribution in [0, 0.1) is 0 Å². The van der Waals surface area contributed by atoms with Crippen LogP contribution < -0.4 is 11.2 Å². The summed E-state index contributed by atoms with van der Waals surface area (Å²) in [6.45, 7) is 4.67. The first-order valence-corrected chi connectivity index (χ1v) is 11.3. The Bertz CT molecular complexity index is 1460. The van der Waals surface area contributed by atoms with Gasteiger partial charge >= 0.3 is 5.69 Å². The third-order valence-corrected chi connectivity index (χ3v) is 6.81. The second-order valence-electron chi connectivity index (χ2n) is 8.92. The number of aryl methyl sites for hydroxylation is 1. The lowest BCUT2D eigenvalue weighted by atomic mass is 9.98. The zero-order chi connectivity index (χ0) is 22.8. The Hall–Kier alpha value is -2.90. The molecule has 0 spiro atoms. The first kappa shape index (κ1) is 21.0. The summed E-state index contributed by atoms with van der Waals surface area (Å²) in [5, 5.41) is 0.538. The van der Waals surface area contributed by atoms with Crippen molar-refractivity contribution in [3.8, 4) is 11.3 Å². The average molecular weight is 494 g/mol. The van der Waals surface area contributed by atoms with Gasteiger partial charge in [-0.25, -0.2) is 4.79 Å². The number of rotatable bonds is 2. The van der Waals surface area contributed by atoms with E-state index >= 15 is 0 Å². The van der Waals surface area contributed by atoms with Crippen molar-refractivity contribution in [3.05, 3.63) is 91.2 Å². The largest absolute Gasteiger partial charge is 0.365 e. The van der Waals surface area contributed by atoms with Gasteiger partial charge in [-0.2, -0.15) is 0 Å². The number of ether oxygens (including phenoxy) is 1. The number of nitrogens with zero attached hydrogens (tertiary/aromatic N) is 3. The van der Waals surface area contributed by atoms with Crippen LogP contribution in [0.3, 0.4) is 0 Å². The molecule has 0 aliphatic carbocycles. The molecule has 0 bridgehead atoms. The van der Waals surface area contributed by atoms with Gasteiger partial charge in [-0.3, -0.25) is 13.9 Å². The van der Waals surface area contributed by atoms with Crippen LogP contribution in [0.15, 0.2) is 68.7 Å². The minimum Gasteiger partial charge on any atom is -0.365 e. The van der Waals surface area contributed by atoms with E-state index in [1.54, 1.807) is 11.6 Å². The van der Waals surface area contributed by atoms with Gasteiger partial charge in [0.05, 0.1) is 34.4 Å². The van der Waals surface area contributed by atoms with Crippen molar-refractivity contribution in [2.45, 2.75) is 25.5 Å². The quantitative estimate of drug-likeness (QED) is 0.417. The maximum absolute atomic E-state index is 13.5. The van der Waals surface area contributed by atoms with Gasteiger partial charge in [0.2, 0.25) is 0 Å². The molecule has 5 rings (SSSR count). The monoisotopic (exact) mass is 493 g/mol. The van der Waals surface area contributed by atoms with Crippen LogP contribution in [0.4, 0.5) is 0 Å². The molecule has 1 aliphatic heterocycles. The lowest BCUT2D eigenvalue weighted by molar-refractivity contribution is -0.00707. The summed E-state index contributed by atoms with van der Waals surface area (Å²) in [6.07, 6.45) is -0.409. The molecule has 3 heterocycles. The second-order valence-corrected chi connectivity index (χ2v) is 9.84. The Labute approximate surface area is 193 Å². The number of aromatic nitrogens is 3. The molecule has 6 nitrogen and oxygen atoms in total. The van der Waals surface area contributed by atoms with E-state index in [1.807, 2.05) is 54.6 Å². The van der Waals surface area contributed by atoms with Crippen molar-refractivity contribution in [1.82, 2.24) is 13.7 Å². The first-order chi connectivity index (χ1) is 15.2. The van der Waals surface area contributed by atoms with E-state index in [-0.39, 0.29) is 11.2 Å². The van der Waals surface area contributed by atoms with Gasteiger partial charge < -0.3 is 9.30 Å². The summed E-state index contributed by atoms with van der Waals surface area (Å²) >= 11 is 3.50. The van der Waals surface area contributed by atoms with E-state index < -0.39 is 11.6 Å². The Morgan fingerprint density at radius 3 is 2.28 bits per heavy atom. The molecule has 0 unspecified atom stereocenters. The van der Waals surface area contributed by atoms with E-state index in [2.05, 4.69) is 34.3 Å². The standard InChI is InChI=1S/C25H24BrN3O3/c1-25(2)14-32-22(16-10-12-17(26)13-11-16)21-20-18(23(30)28(4)24(31)27(20)3)19(29(21)25)15-8-6-5-7-9-15/h5-13,22H,14H2,1-4H3/t22-/m1/s1. The minimum atomic E-state index is -0.424. The SMILES string of the molecule is Cn1c(=O)c2c(-c3ccccc3)n3c(c2n(C)c1=O)[C@@H](c1ccc(Br)cc1)OCC3(C)C. The normalized spacial score (nSPS) is 17.5. The third-order valence-electron chi connectivity index (χ3n) is 6.29. The molecule has 0 radical (unpaired) electrons. The molecular formula is C25H24BrN3O3. The molecule has 2 aromatic heterocycles. The number of halogens is 1. The topological polar surface area (TPSA) is 58.2 Å². The fourth-order valence-corrected chi connectivity index (χ4v) is 5.02. The van der Waals surface area contributed by atoms with Crippen LogP contribution in [0.1, 0.15) is 31.2 Å². The van der Waals surface area contributed by atoms with Crippen LogP contribution in [-0.2, 0) is 24.4 Å². The molecule has 0 fully saturated rings. The van der Waals surface area contributed by atoms with Gasteiger partial charge in [-0.1, -0.05) is 58.4 Å². The van der Waals surface area contributed by atoms with Gasteiger partial charge in [0.15, 0.2) is 0 Å². The molecule has 1 aliphatic rings. The van der Waals surface area contributed by atoms with Gasteiger partial charge in [-0.15, -0.1) is 0 Å². The molecule has 0 amide bonds. The molecule has 1 atom stereocenters. The summed E-state index contributed by atoms with van der Waals surface area (Å²) in [4.78, 5) is 26.5. The van der Waals surface area contributed by atoms with Gasteiger partial charge in [0.25, 0.3) is 5.56 Å². The van der Waals surface area contributed by atoms with E-state index in [0.29, 0.717) is 17.5 Å². The Balaban J connectivity index is 2.01. The molecule has 32 heavy (non-hydrogen) atoms. The molecular weight excluding hydrogens is 470 g/mol. The number of benzene rings is 2. The average Bonchev–Trinajstić information content (AvgIpc) is 3.15. The van der Waals surface area contributed by atoms with Crippen LogP contribution >= 0.6 is 15.9 Å². The summed E-state index contributed by atoms with van der Waals surface area (Å²) in [6, 6.07) is 17.9. The fourth-order valence-electron chi connectivity index (χ4n) is 4.76. The predicted molar refractivity (Wildman–Crippen MR) is 129 cm³/mol. The lowest BCUT2D eigenvalue weighted by Crippen LogP contribution is -2.40. The fraction of sp³-hybridized carbons (Fsp3) is 0.280. The number of hydrogen-bond donors (Lipinski definition) is 0. The maximum atomic E-state index is 13.5. The molecule has 0 N–H and O–H groups in total. The highest BCUT2D eigenvalue weighted by molar-refractivity contribution is 9.10. The maximum Gasteiger partial charge on any atom is 0.331 e. The molecule has 4 aromatic rings. The zero-order valence-electron chi connectivity index (χ0n) is 18.4. The van der Waals surface area contributed by atoms with Gasteiger partial charge in [0.1, 0.15) is 6.10 Å². The molecule has 0 saturated carbocycles. The highest BCUT2D eigenvalue weighted by Crippen LogP contribution is 2.45. The van der Waals surface area contributed by atoms with Gasteiger partial charge in [0, 0.05) is 18.6 Å². The Morgan fingerprint density at radius 2 is 1.62 bits per heavy atom. The van der Waals surface area contributed by atoms with E-state index in [1.165, 1.54) is 11.6 Å². The smallest absolute Gasteiger partial charge is 0.331 e.